The van der Waals surface area contributed by atoms with Gasteiger partial charge in [0, 0.05) is 0 Å². The summed E-state index contributed by atoms with van der Waals surface area (Å²) < 4.78 is 10.8. The van der Waals surface area contributed by atoms with E-state index in [-0.39, 0.29) is 18.9 Å². The molecule has 0 radical (unpaired) electrons. The van der Waals surface area contributed by atoms with E-state index in [0.717, 1.165) is 9.56 Å². The molecule has 8 nitrogen and oxygen atoms in total. The zero-order valence-corrected chi connectivity index (χ0v) is 12.0. The Morgan fingerprint density at radius 3 is 2.95 bits per heavy atom. The molecule has 1 amide bonds. The van der Waals surface area contributed by atoms with Gasteiger partial charge in [0.25, 0.3) is 11.8 Å². The van der Waals surface area contributed by atoms with E-state index in [9.17, 15) is 14.4 Å². The molecule has 1 atom stereocenters. The van der Waals surface area contributed by atoms with Gasteiger partial charge in [0.1, 0.15) is 0 Å². The van der Waals surface area contributed by atoms with Crippen molar-refractivity contribution in [3.8, 4) is 10.8 Å². The van der Waals surface area contributed by atoms with Gasteiger partial charge in [-0.15, -0.1) is 16.4 Å². The topological polar surface area (TPSA) is 117 Å². The third-order valence-corrected chi connectivity index (χ3v) is 3.43. The lowest BCUT2D eigenvalue weighted by molar-refractivity contribution is -0.154. The Morgan fingerprint density at radius 1 is 1.57 bits per heavy atom. The van der Waals surface area contributed by atoms with Crippen molar-refractivity contribution in [3.05, 3.63) is 28.1 Å². The second-order valence-corrected chi connectivity index (χ2v) is 5.11. The first-order valence-corrected chi connectivity index (χ1v) is 6.96. The summed E-state index contributed by atoms with van der Waals surface area (Å²) in [5, 5.41) is 5.82. The van der Waals surface area contributed by atoms with Gasteiger partial charge in [-0.2, -0.15) is 4.68 Å². The zero-order valence-electron chi connectivity index (χ0n) is 11.1. The van der Waals surface area contributed by atoms with Crippen LogP contribution in [0.1, 0.15) is 13.3 Å². The molecular formula is C12H13N3O5S. The predicted octanol–water partition coefficient (Wildman–Crippen LogP) is 0.372. The van der Waals surface area contributed by atoms with Crippen molar-refractivity contribution >= 4 is 23.2 Å². The smallest absolute Gasteiger partial charge is 0.437 e. The fraction of sp³-hybridized carbons (Fsp3) is 0.333. The number of nitrogens with zero attached hydrogens (tertiary/aromatic N) is 2. The first kappa shape index (κ1) is 15.0. The number of carbonyl (C=O) groups excluding carboxylic acids is 2. The maximum atomic E-state index is 11.6. The molecule has 0 aliphatic rings. The molecule has 0 bridgehead atoms. The van der Waals surface area contributed by atoms with E-state index in [4.69, 9.17) is 14.9 Å². The summed E-state index contributed by atoms with van der Waals surface area (Å²) in [5.74, 6) is -1.83. The Hall–Kier alpha value is -2.42. The second kappa shape index (κ2) is 6.35. The SMILES string of the molecule is CC(OC(=O)CCn1nc(-c2cccs2)oc1=O)C(N)=O. The van der Waals surface area contributed by atoms with Gasteiger partial charge in [0.2, 0.25) is 0 Å². The van der Waals surface area contributed by atoms with Gasteiger partial charge in [-0.3, -0.25) is 9.59 Å². The molecule has 2 N–H and O–H groups in total. The van der Waals surface area contributed by atoms with Crippen molar-refractivity contribution in [1.82, 2.24) is 9.78 Å². The normalized spacial score (nSPS) is 12.0. The van der Waals surface area contributed by atoms with Crippen molar-refractivity contribution in [2.24, 2.45) is 5.73 Å². The molecule has 2 aromatic rings. The minimum Gasteiger partial charge on any atom is -0.453 e. The minimum absolute atomic E-state index is 0.00196. The van der Waals surface area contributed by atoms with Crippen LogP contribution in [0.25, 0.3) is 10.8 Å². The molecule has 2 aromatic heterocycles. The van der Waals surface area contributed by atoms with E-state index >= 15 is 0 Å². The van der Waals surface area contributed by atoms with Crippen molar-refractivity contribution in [2.75, 3.05) is 0 Å². The number of amides is 1. The Bertz CT molecular complexity index is 688. The molecular weight excluding hydrogens is 298 g/mol. The number of primary amides is 1. The number of nitrogens with two attached hydrogens (primary N) is 1. The first-order chi connectivity index (χ1) is 9.97. The summed E-state index contributed by atoms with van der Waals surface area (Å²) in [6.07, 6.45) is -1.12. The van der Waals surface area contributed by atoms with E-state index in [1.54, 1.807) is 6.07 Å². The van der Waals surface area contributed by atoms with Gasteiger partial charge < -0.3 is 14.9 Å². The molecule has 0 saturated heterocycles. The number of ether oxygens (including phenoxy) is 1. The van der Waals surface area contributed by atoms with E-state index in [2.05, 4.69) is 5.10 Å². The third kappa shape index (κ3) is 3.78. The number of hydrogen-bond acceptors (Lipinski definition) is 7. The minimum atomic E-state index is -1.01. The Labute approximate surface area is 123 Å². The lowest BCUT2D eigenvalue weighted by atomic mass is 10.4. The molecule has 0 spiro atoms. The average Bonchev–Trinajstić information content (AvgIpc) is 3.05. The quantitative estimate of drug-likeness (QED) is 0.770. The van der Waals surface area contributed by atoms with Crippen LogP contribution in [0.3, 0.4) is 0 Å². The van der Waals surface area contributed by atoms with Crippen LogP contribution in [0, 0.1) is 0 Å². The number of aromatic nitrogens is 2. The number of carbonyl (C=O) groups is 2. The number of esters is 1. The molecule has 0 aliphatic heterocycles. The van der Waals surface area contributed by atoms with Crippen molar-refractivity contribution in [2.45, 2.75) is 26.0 Å². The highest BCUT2D eigenvalue weighted by Gasteiger charge is 2.16. The summed E-state index contributed by atoms with van der Waals surface area (Å²) >= 11 is 1.38. The van der Waals surface area contributed by atoms with E-state index in [0.29, 0.717) is 0 Å². The van der Waals surface area contributed by atoms with Crippen LogP contribution < -0.4 is 11.5 Å². The van der Waals surface area contributed by atoms with Gasteiger partial charge in [-0.25, -0.2) is 4.79 Å². The Balaban J connectivity index is 1.96. The van der Waals surface area contributed by atoms with Gasteiger partial charge in [0.15, 0.2) is 6.10 Å². The summed E-state index contributed by atoms with van der Waals surface area (Å²) in [4.78, 5) is 34.5. The van der Waals surface area contributed by atoms with Crippen LogP contribution in [-0.4, -0.2) is 27.8 Å². The number of aryl methyl sites for hydroxylation is 1. The molecule has 9 heteroatoms. The molecule has 0 aliphatic carbocycles. The summed E-state index contributed by atoms with van der Waals surface area (Å²) in [5.41, 5.74) is 4.98. The van der Waals surface area contributed by atoms with Crippen molar-refractivity contribution in [1.29, 1.82) is 0 Å². The highest BCUT2D eigenvalue weighted by atomic mass is 32.1. The number of hydrogen-bond donors (Lipinski definition) is 1. The Morgan fingerprint density at radius 2 is 2.33 bits per heavy atom. The largest absolute Gasteiger partial charge is 0.453 e. The number of rotatable bonds is 6. The van der Waals surface area contributed by atoms with Crippen LogP contribution in [0.5, 0.6) is 0 Å². The molecule has 0 aromatic carbocycles. The predicted molar refractivity (Wildman–Crippen MR) is 73.4 cm³/mol. The average molecular weight is 311 g/mol. The molecule has 2 rings (SSSR count). The fourth-order valence-corrected chi connectivity index (χ4v) is 2.10. The molecule has 0 saturated carbocycles. The van der Waals surface area contributed by atoms with Crippen LogP contribution in [0.15, 0.2) is 26.7 Å². The maximum Gasteiger partial charge on any atom is 0.437 e. The van der Waals surface area contributed by atoms with Crippen molar-refractivity contribution in [3.63, 3.8) is 0 Å². The van der Waals surface area contributed by atoms with Crippen LogP contribution >= 0.6 is 11.3 Å². The molecule has 112 valence electrons. The monoisotopic (exact) mass is 311 g/mol. The zero-order chi connectivity index (χ0) is 15.4. The summed E-state index contributed by atoms with van der Waals surface area (Å²) in [7, 11) is 0. The fourth-order valence-electron chi connectivity index (χ4n) is 1.46. The molecule has 21 heavy (non-hydrogen) atoms. The van der Waals surface area contributed by atoms with Crippen LogP contribution in [0.2, 0.25) is 0 Å². The second-order valence-electron chi connectivity index (χ2n) is 4.16. The third-order valence-electron chi connectivity index (χ3n) is 2.57. The van der Waals surface area contributed by atoms with E-state index in [1.165, 1.54) is 18.3 Å². The molecule has 2 heterocycles. The number of thiophene rings is 1. The highest BCUT2D eigenvalue weighted by molar-refractivity contribution is 7.13. The van der Waals surface area contributed by atoms with Gasteiger partial charge >= 0.3 is 11.7 Å². The van der Waals surface area contributed by atoms with Gasteiger partial charge in [0.05, 0.1) is 17.8 Å². The first-order valence-electron chi connectivity index (χ1n) is 6.08. The molecule has 1 unspecified atom stereocenters. The summed E-state index contributed by atoms with van der Waals surface area (Å²) in [6.45, 7) is 1.37. The standard InChI is InChI=1S/C12H13N3O5S/c1-7(10(13)17)19-9(16)4-5-15-12(18)20-11(14-15)8-3-2-6-21-8/h2-3,6-7H,4-5H2,1H3,(H2,13,17). The van der Waals surface area contributed by atoms with Gasteiger partial charge in [-0.1, -0.05) is 6.07 Å². The highest BCUT2D eigenvalue weighted by Crippen LogP contribution is 2.20. The lowest BCUT2D eigenvalue weighted by Crippen LogP contribution is -2.31. The lowest BCUT2D eigenvalue weighted by Gasteiger charge is -2.08. The van der Waals surface area contributed by atoms with Crippen LogP contribution in [-0.2, 0) is 20.9 Å². The van der Waals surface area contributed by atoms with Gasteiger partial charge in [-0.05, 0) is 18.4 Å². The van der Waals surface area contributed by atoms with Crippen LogP contribution in [0.4, 0.5) is 0 Å². The summed E-state index contributed by atoms with van der Waals surface area (Å²) in [6, 6.07) is 3.57. The van der Waals surface area contributed by atoms with Crippen molar-refractivity contribution < 1.29 is 18.7 Å². The maximum absolute atomic E-state index is 11.6. The molecule has 0 fully saturated rings. The van der Waals surface area contributed by atoms with E-state index < -0.39 is 23.7 Å². The van der Waals surface area contributed by atoms with E-state index in [1.807, 2.05) is 11.4 Å². The Kier molecular flexibility index (Phi) is 4.53.